The third-order valence-electron chi connectivity index (χ3n) is 4.17. The molecular weight excluding hydrogens is 370 g/mol. The van der Waals surface area contributed by atoms with E-state index in [4.69, 9.17) is 5.26 Å². The molecule has 0 unspecified atom stereocenters. The second-order valence-corrected chi connectivity index (χ2v) is 7.42. The molecule has 2 heterocycles. The molecule has 2 N–H and O–H groups in total. The highest BCUT2D eigenvalue weighted by molar-refractivity contribution is 7.98. The standard InChI is InChI=1S/C21H21N5OS/c1-15-6-7-16(12-24-15)10-19-13-25-21(26-20(19)27)23-8-9-28-14-18-5-3-2-4-17(18)11-22/h2-7,12-13H,8-10,14H2,1H3,(H2,23,25,26,27). The van der Waals surface area contributed by atoms with E-state index >= 15 is 0 Å². The van der Waals surface area contributed by atoms with Crippen molar-refractivity contribution in [3.05, 3.63) is 87.1 Å². The van der Waals surface area contributed by atoms with E-state index in [1.165, 1.54) is 0 Å². The van der Waals surface area contributed by atoms with Crippen LogP contribution in [0.15, 0.2) is 53.6 Å². The third-order valence-corrected chi connectivity index (χ3v) is 5.18. The van der Waals surface area contributed by atoms with Crippen molar-refractivity contribution in [2.24, 2.45) is 0 Å². The zero-order valence-corrected chi connectivity index (χ0v) is 16.4. The van der Waals surface area contributed by atoms with Gasteiger partial charge >= 0.3 is 0 Å². The van der Waals surface area contributed by atoms with Crippen LogP contribution in [0.5, 0.6) is 0 Å². The van der Waals surface area contributed by atoms with Gasteiger partial charge in [-0.1, -0.05) is 24.3 Å². The summed E-state index contributed by atoms with van der Waals surface area (Å²) in [7, 11) is 0. The Labute approximate surface area is 168 Å². The molecule has 0 atom stereocenters. The SMILES string of the molecule is Cc1ccc(Cc2cnc(NCCSCc3ccccc3C#N)[nH]c2=O)cn1. The molecule has 0 spiro atoms. The minimum absolute atomic E-state index is 0.145. The Kier molecular flexibility index (Phi) is 6.82. The Balaban J connectivity index is 1.47. The van der Waals surface area contributed by atoms with E-state index < -0.39 is 0 Å². The number of hydrogen-bond donors (Lipinski definition) is 2. The lowest BCUT2D eigenvalue weighted by Gasteiger charge is -2.07. The van der Waals surface area contributed by atoms with Gasteiger partial charge in [-0.05, 0) is 30.2 Å². The number of aromatic amines is 1. The molecule has 0 bridgehead atoms. The van der Waals surface area contributed by atoms with Gasteiger partial charge in [-0.2, -0.15) is 17.0 Å². The van der Waals surface area contributed by atoms with Crippen LogP contribution in [0.2, 0.25) is 0 Å². The van der Waals surface area contributed by atoms with E-state index in [9.17, 15) is 4.79 Å². The summed E-state index contributed by atoms with van der Waals surface area (Å²) in [5.41, 5.74) is 4.15. The van der Waals surface area contributed by atoms with E-state index in [0.717, 1.165) is 28.3 Å². The second-order valence-electron chi connectivity index (χ2n) is 6.32. The highest BCUT2D eigenvalue weighted by Gasteiger charge is 2.05. The van der Waals surface area contributed by atoms with E-state index in [1.807, 2.05) is 43.3 Å². The first-order valence-electron chi connectivity index (χ1n) is 8.95. The van der Waals surface area contributed by atoms with Crippen LogP contribution < -0.4 is 10.9 Å². The van der Waals surface area contributed by atoms with Crippen molar-refractivity contribution in [2.45, 2.75) is 19.1 Å². The predicted molar refractivity (Wildman–Crippen MR) is 112 cm³/mol. The normalized spacial score (nSPS) is 10.4. The summed E-state index contributed by atoms with van der Waals surface area (Å²) < 4.78 is 0. The van der Waals surface area contributed by atoms with Crippen LogP contribution in [0.25, 0.3) is 0 Å². The molecule has 2 aromatic heterocycles. The van der Waals surface area contributed by atoms with Crippen LogP contribution in [0.4, 0.5) is 5.95 Å². The van der Waals surface area contributed by atoms with Crippen molar-refractivity contribution in [1.82, 2.24) is 15.0 Å². The fourth-order valence-electron chi connectivity index (χ4n) is 2.64. The molecule has 0 fully saturated rings. The number of aromatic nitrogens is 3. The molecule has 142 valence electrons. The Hall–Kier alpha value is -3.11. The minimum Gasteiger partial charge on any atom is -0.355 e. The van der Waals surface area contributed by atoms with Crippen LogP contribution >= 0.6 is 11.8 Å². The number of pyridine rings is 1. The van der Waals surface area contributed by atoms with Crippen LogP contribution in [-0.2, 0) is 12.2 Å². The Morgan fingerprint density at radius 3 is 2.75 bits per heavy atom. The number of H-pyrrole nitrogens is 1. The average Bonchev–Trinajstić information content (AvgIpc) is 2.71. The molecule has 0 amide bonds. The van der Waals surface area contributed by atoms with Gasteiger partial charge < -0.3 is 5.32 Å². The molecule has 3 rings (SSSR count). The minimum atomic E-state index is -0.145. The summed E-state index contributed by atoms with van der Waals surface area (Å²) in [6.45, 7) is 2.60. The van der Waals surface area contributed by atoms with Crippen LogP contribution in [0.3, 0.4) is 0 Å². The largest absolute Gasteiger partial charge is 0.355 e. The van der Waals surface area contributed by atoms with Crippen LogP contribution in [-0.4, -0.2) is 27.2 Å². The van der Waals surface area contributed by atoms with Gasteiger partial charge in [0, 0.05) is 48.1 Å². The van der Waals surface area contributed by atoms with Crippen LogP contribution in [0, 0.1) is 18.3 Å². The van der Waals surface area contributed by atoms with Gasteiger partial charge in [0.2, 0.25) is 5.95 Å². The summed E-state index contributed by atoms with van der Waals surface area (Å²) in [5, 5.41) is 12.2. The predicted octanol–water partition coefficient (Wildman–Crippen LogP) is 3.28. The van der Waals surface area contributed by atoms with E-state index in [1.54, 1.807) is 24.2 Å². The number of rotatable bonds is 8. The van der Waals surface area contributed by atoms with E-state index in [-0.39, 0.29) is 5.56 Å². The van der Waals surface area contributed by atoms with Gasteiger partial charge in [0.05, 0.1) is 11.6 Å². The molecule has 6 nitrogen and oxygen atoms in total. The lowest BCUT2D eigenvalue weighted by molar-refractivity contribution is 0.999. The number of benzene rings is 1. The zero-order valence-electron chi connectivity index (χ0n) is 15.6. The molecule has 28 heavy (non-hydrogen) atoms. The maximum atomic E-state index is 12.3. The highest BCUT2D eigenvalue weighted by Crippen LogP contribution is 2.15. The molecule has 0 saturated heterocycles. The van der Waals surface area contributed by atoms with Gasteiger partial charge in [-0.25, -0.2) is 4.98 Å². The Bertz CT molecular complexity index is 1020. The maximum Gasteiger partial charge on any atom is 0.255 e. The van der Waals surface area contributed by atoms with Gasteiger partial charge in [-0.15, -0.1) is 0 Å². The number of nitrogens with zero attached hydrogens (tertiary/aromatic N) is 3. The second kappa shape index (κ2) is 9.72. The average molecular weight is 392 g/mol. The van der Waals surface area contributed by atoms with E-state index in [0.29, 0.717) is 30.0 Å². The van der Waals surface area contributed by atoms with Crippen molar-refractivity contribution in [2.75, 3.05) is 17.6 Å². The maximum absolute atomic E-state index is 12.3. The first kappa shape index (κ1) is 19.6. The van der Waals surface area contributed by atoms with Crippen molar-refractivity contribution >= 4 is 17.7 Å². The smallest absolute Gasteiger partial charge is 0.255 e. The Morgan fingerprint density at radius 1 is 1.14 bits per heavy atom. The van der Waals surface area contributed by atoms with Crippen molar-refractivity contribution in [3.63, 3.8) is 0 Å². The molecule has 0 aliphatic heterocycles. The molecule has 1 aromatic carbocycles. The summed E-state index contributed by atoms with van der Waals surface area (Å²) >= 11 is 1.73. The van der Waals surface area contributed by atoms with Gasteiger partial charge in [0.15, 0.2) is 0 Å². The summed E-state index contributed by atoms with van der Waals surface area (Å²) in [6, 6.07) is 13.7. The van der Waals surface area contributed by atoms with Gasteiger partial charge in [-0.3, -0.25) is 14.8 Å². The molecule has 0 aliphatic rings. The molecular formula is C21H21N5OS. The van der Waals surface area contributed by atoms with Crippen molar-refractivity contribution < 1.29 is 0 Å². The van der Waals surface area contributed by atoms with Crippen LogP contribution in [0.1, 0.15) is 27.9 Å². The number of anilines is 1. The number of aryl methyl sites for hydroxylation is 1. The summed E-state index contributed by atoms with van der Waals surface area (Å²) in [5.74, 6) is 2.08. The first-order chi connectivity index (χ1) is 13.7. The van der Waals surface area contributed by atoms with Gasteiger partial charge in [0.1, 0.15) is 0 Å². The zero-order chi connectivity index (χ0) is 19.8. The number of nitrogens with one attached hydrogen (secondary N) is 2. The monoisotopic (exact) mass is 391 g/mol. The number of nitriles is 1. The van der Waals surface area contributed by atoms with Crippen molar-refractivity contribution in [3.8, 4) is 6.07 Å². The first-order valence-corrected chi connectivity index (χ1v) is 10.1. The summed E-state index contributed by atoms with van der Waals surface area (Å²) in [4.78, 5) is 23.6. The lowest BCUT2D eigenvalue weighted by Crippen LogP contribution is -2.18. The molecule has 0 radical (unpaired) electrons. The Morgan fingerprint density at radius 2 is 2.00 bits per heavy atom. The van der Waals surface area contributed by atoms with Crippen molar-refractivity contribution in [1.29, 1.82) is 5.26 Å². The molecule has 0 saturated carbocycles. The molecule has 7 heteroatoms. The summed E-state index contributed by atoms with van der Waals surface area (Å²) in [6.07, 6.45) is 3.89. The number of thioether (sulfide) groups is 1. The fraction of sp³-hybridized carbons (Fsp3) is 0.238. The third kappa shape index (κ3) is 5.44. The topological polar surface area (TPSA) is 94.5 Å². The lowest BCUT2D eigenvalue weighted by atomic mass is 10.1. The van der Waals surface area contributed by atoms with Gasteiger partial charge in [0.25, 0.3) is 5.56 Å². The van der Waals surface area contributed by atoms with E-state index in [2.05, 4.69) is 26.3 Å². The molecule has 0 aliphatic carbocycles. The quantitative estimate of drug-likeness (QED) is 0.572. The molecule has 3 aromatic rings. The highest BCUT2D eigenvalue weighted by atomic mass is 32.2. The number of hydrogen-bond acceptors (Lipinski definition) is 6. The fourth-order valence-corrected chi connectivity index (χ4v) is 3.50.